The van der Waals surface area contributed by atoms with Crippen LogP contribution in [0.5, 0.6) is 0 Å². The predicted molar refractivity (Wildman–Crippen MR) is 118 cm³/mol. The van der Waals surface area contributed by atoms with Gasteiger partial charge in [0.25, 0.3) is 0 Å². The average Bonchev–Trinajstić information content (AvgIpc) is 2.67. The lowest BCUT2D eigenvalue weighted by atomic mass is 9.87. The summed E-state index contributed by atoms with van der Waals surface area (Å²) < 4.78 is 15.4. The second-order valence-corrected chi connectivity index (χ2v) is 10.5. The molecule has 1 fully saturated rings. The summed E-state index contributed by atoms with van der Waals surface area (Å²) in [6, 6.07) is 8.29. The lowest BCUT2D eigenvalue weighted by molar-refractivity contribution is -0.131. The van der Waals surface area contributed by atoms with Crippen LogP contribution in [0.25, 0.3) is 0 Å². The largest absolute Gasteiger partial charge is 0.342 e. The molecular weight excluding hydrogens is 368 g/mol. The van der Waals surface area contributed by atoms with Crippen LogP contribution < -0.4 is 0 Å². The van der Waals surface area contributed by atoms with Crippen LogP contribution in [0.4, 0.5) is 0 Å². The minimum Gasteiger partial charge on any atom is -0.342 e. The molecule has 0 saturated heterocycles. The number of likely N-dealkylation sites (N-methyl/N-ethyl adjacent to an activating group) is 1. The Morgan fingerprint density at radius 2 is 1.57 bits per heavy atom. The van der Waals surface area contributed by atoms with E-state index in [0.717, 1.165) is 36.5 Å². The zero-order valence-corrected chi connectivity index (χ0v) is 19.3. The van der Waals surface area contributed by atoms with E-state index in [9.17, 15) is 9.00 Å². The van der Waals surface area contributed by atoms with Gasteiger partial charge in [0.2, 0.25) is 5.91 Å². The molecule has 1 aliphatic carbocycles. The number of nitrogens with zero attached hydrogens (tertiary/aromatic N) is 2. The third kappa shape index (κ3) is 5.90. The first-order valence-corrected chi connectivity index (χ1v) is 11.8. The molecule has 1 amide bonds. The highest BCUT2D eigenvalue weighted by molar-refractivity contribution is 7.82. The van der Waals surface area contributed by atoms with Crippen LogP contribution >= 0.6 is 0 Å². The monoisotopic (exact) mass is 406 g/mol. The Bertz CT molecular complexity index is 654. The van der Waals surface area contributed by atoms with E-state index >= 15 is 0 Å². The molecule has 158 valence electrons. The van der Waals surface area contributed by atoms with Gasteiger partial charge in [0.15, 0.2) is 0 Å². The standard InChI is InChI=1S/C23H38N2O2S/c1-7-24(8-2)22(26)17-25(20-13-9-18(3)10-14-20)28(27)21-15-11-19(12-16-21)23(4,5)6/h11-12,15-16,18,20H,7-10,13-14,17H2,1-6H3. The summed E-state index contributed by atoms with van der Waals surface area (Å²) in [5.74, 6) is 0.791. The van der Waals surface area contributed by atoms with Crippen molar-refractivity contribution >= 4 is 16.9 Å². The molecular formula is C23H38N2O2S. The molecule has 0 bridgehead atoms. The van der Waals surface area contributed by atoms with Crippen molar-refractivity contribution < 1.29 is 9.00 Å². The zero-order chi connectivity index (χ0) is 20.9. The quantitative estimate of drug-likeness (QED) is 0.655. The summed E-state index contributed by atoms with van der Waals surface area (Å²) in [5, 5.41) is 0. The molecule has 1 aromatic rings. The summed E-state index contributed by atoms with van der Waals surface area (Å²) in [6.07, 6.45) is 4.30. The van der Waals surface area contributed by atoms with Gasteiger partial charge in [0, 0.05) is 19.1 Å². The van der Waals surface area contributed by atoms with E-state index in [1.165, 1.54) is 5.56 Å². The van der Waals surface area contributed by atoms with E-state index in [0.29, 0.717) is 13.1 Å². The third-order valence-electron chi connectivity index (χ3n) is 5.93. The fourth-order valence-electron chi connectivity index (χ4n) is 3.87. The highest BCUT2D eigenvalue weighted by Crippen LogP contribution is 2.30. The first-order chi connectivity index (χ1) is 13.2. The molecule has 0 aliphatic heterocycles. The van der Waals surface area contributed by atoms with Crippen LogP contribution in [0, 0.1) is 5.92 Å². The normalized spacial score (nSPS) is 21.5. The van der Waals surface area contributed by atoms with Gasteiger partial charge in [-0.15, -0.1) is 0 Å². The van der Waals surface area contributed by atoms with Gasteiger partial charge in [-0.3, -0.25) is 4.79 Å². The average molecular weight is 407 g/mol. The smallest absolute Gasteiger partial charge is 0.237 e. The number of amides is 1. The Morgan fingerprint density at radius 3 is 2.04 bits per heavy atom. The molecule has 1 atom stereocenters. The van der Waals surface area contributed by atoms with Crippen molar-refractivity contribution in [1.82, 2.24) is 9.21 Å². The summed E-state index contributed by atoms with van der Waals surface area (Å²) in [6.45, 7) is 14.4. The Morgan fingerprint density at radius 1 is 1.04 bits per heavy atom. The van der Waals surface area contributed by atoms with Crippen LogP contribution in [0.3, 0.4) is 0 Å². The van der Waals surface area contributed by atoms with Crippen LogP contribution in [-0.4, -0.2) is 45.0 Å². The maximum Gasteiger partial charge on any atom is 0.237 e. The summed E-state index contributed by atoms with van der Waals surface area (Å²) in [4.78, 5) is 15.4. The van der Waals surface area contributed by atoms with Crippen LogP contribution in [-0.2, 0) is 21.2 Å². The second kappa shape index (κ2) is 10.0. The van der Waals surface area contributed by atoms with E-state index < -0.39 is 11.0 Å². The molecule has 0 radical (unpaired) electrons. The first kappa shape index (κ1) is 23.1. The summed E-state index contributed by atoms with van der Waals surface area (Å²) in [5.41, 5.74) is 1.29. The lowest BCUT2D eigenvalue weighted by Gasteiger charge is -2.35. The van der Waals surface area contributed by atoms with Crippen molar-refractivity contribution in [1.29, 1.82) is 0 Å². The van der Waals surface area contributed by atoms with Crippen molar-refractivity contribution in [3.63, 3.8) is 0 Å². The minimum atomic E-state index is -1.32. The van der Waals surface area contributed by atoms with Crippen LogP contribution in [0.15, 0.2) is 29.2 Å². The van der Waals surface area contributed by atoms with E-state index in [1.807, 2.05) is 35.2 Å². The van der Waals surface area contributed by atoms with E-state index in [2.05, 4.69) is 39.8 Å². The van der Waals surface area contributed by atoms with E-state index in [1.54, 1.807) is 0 Å². The summed E-state index contributed by atoms with van der Waals surface area (Å²) in [7, 11) is -1.32. The molecule has 1 saturated carbocycles. The Labute approximate surface area is 174 Å². The van der Waals surface area contributed by atoms with E-state index in [4.69, 9.17) is 0 Å². The molecule has 1 aromatic carbocycles. The highest BCUT2D eigenvalue weighted by Gasteiger charge is 2.31. The van der Waals surface area contributed by atoms with Crippen molar-refractivity contribution in [3.05, 3.63) is 29.8 Å². The number of hydrogen-bond acceptors (Lipinski definition) is 2. The molecule has 1 unspecified atom stereocenters. The number of carbonyl (C=O) groups excluding carboxylic acids is 1. The Hall–Kier alpha value is -1.20. The lowest BCUT2D eigenvalue weighted by Crippen LogP contribution is -2.46. The predicted octanol–water partition coefficient (Wildman–Crippen LogP) is 4.76. The van der Waals surface area contributed by atoms with Gasteiger partial charge in [-0.25, -0.2) is 8.51 Å². The van der Waals surface area contributed by atoms with E-state index in [-0.39, 0.29) is 23.9 Å². The maximum atomic E-state index is 13.5. The number of hydrogen-bond donors (Lipinski definition) is 0. The van der Waals surface area contributed by atoms with Crippen molar-refractivity contribution in [2.45, 2.75) is 83.6 Å². The number of benzene rings is 1. The summed E-state index contributed by atoms with van der Waals surface area (Å²) >= 11 is 0. The van der Waals surface area contributed by atoms with Gasteiger partial charge in [0.05, 0.1) is 11.4 Å². The third-order valence-corrected chi connectivity index (χ3v) is 7.46. The molecule has 5 heteroatoms. The second-order valence-electron chi connectivity index (χ2n) is 9.08. The minimum absolute atomic E-state index is 0.0674. The molecule has 2 rings (SSSR count). The number of carbonyl (C=O) groups is 1. The Balaban J connectivity index is 2.24. The van der Waals surface area contributed by atoms with Gasteiger partial charge in [-0.05, 0) is 68.6 Å². The topological polar surface area (TPSA) is 40.6 Å². The molecule has 1 aliphatic rings. The molecule has 0 aromatic heterocycles. The number of rotatable bonds is 7. The van der Waals surface area contributed by atoms with Crippen molar-refractivity contribution in [2.24, 2.45) is 5.92 Å². The van der Waals surface area contributed by atoms with Gasteiger partial charge < -0.3 is 4.90 Å². The van der Waals surface area contributed by atoms with Crippen molar-refractivity contribution in [2.75, 3.05) is 19.6 Å². The van der Waals surface area contributed by atoms with Gasteiger partial charge in [0.1, 0.15) is 11.0 Å². The van der Waals surface area contributed by atoms with Gasteiger partial charge >= 0.3 is 0 Å². The molecule has 0 N–H and O–H groups in total. The van der Waals surface area contributed by atoms with Crippen LogP contribution in [0.1, 0.15) is 72.8 Å². The fraction of sp³-hybridized carbons (Fsp3) is 0.696. The molecule has 28 heavy (non-hydrogen) atoms. The van der Waals surface area contributed by atoms with Gasteiger partial charge in [-0.1, -0.05) is 39.8 Å². The Kier molecular flexibility index (Phi) is 8.26. The first-order valence-electron chi connectivity index (χ1n) is 10.7. The molecule has 0 spiro atoms. The van der Waals surface area contributed by atoms with Crippen LogP contribution in [0.2, 0.25) is 0 Å². The highest BCUT2D eigenvalue weighted by atomic mass is 32.2. The van der Waals surface area contributed by atoms with Crippen molar-refractivity contribution in [3.8, 4) is 0 Å². The van der Waals surface area contributed by atoms with Gasteiger partial charge in [-0.2, -0.15) is 0 Å². The SMILES string of the molecule is CCN(CC)C(=O)CN(C1CCC(C)CC1)S(=O)c1ccc(C(C)(C)C)cc1. The maximum absolute atomic E-state index is 13.5. The molecule has 4 nitrogen and oxygen atoms in total. The molecule has 0 heterocycles. The fourth-order valence-corrected chi connectivity index (χ4v) is 5.22. The zero-order valence-electron chi connectivity index (χ0n) is 18.5.